The van der Waals surface area contributed by atoms with E-state index >= 15 is 0 Å². The molecule has 0 aliphatic carbocycles. The molecule has 1 aromatic rings. The topological polar surface area (TPSA) is 17.8 Å². The molecule has 0 N–H and O–H groups in total. The summed E-state index contributed by atoms with van der Waals surface area (Å²) in [7, 11) is 1.96. The molecule has 0 bridgehead atoms. The number of halogens is 2. The highest BCUT2D eigenvalue weighted by Gasteiger charge is 2.08. The molecule has 70 valence electrons. The van der Waals surface area contributed by atoms with Gasteiger partial charge in [0.25, 0.3) is 0 Å². The average Bonchev–Trinajstić information content (AvgIpc) is 2.26. The Hall–Kier alpha value is -0.210. The van der Waals surface area contributed by atoms with Crippen LogP contribution in [0.15, 0.2) is 0 Å². The highest BCUT2D eigenvalue weighted by atomic mass is 35.5. The molecule has 0 unspecified atom stereocenters. The van der Waals surface area contributed by atoms with Crippen molar-refractivity contribution in [2.24, 2.45) is 7.05 Å². The second-order valence-electron chi connectivity index (χ2n) is 2.63. The third kappa shape index (κ3) is 1.93. The minimum atomic E-state index is 0. The van der Waals surface area contributed by atoms with Gasteiger partial charge in [0, 0.05) is 12.7 Å². The monoisotopic (exact) mass is 208 g/mol. The van der Waals surface area contributed by atoms with Gasteiger partial charge in [-0.25, -0.2) is 0 Å². The van der Waals surface area contributed by atoms with Gasteiger partial charge in [0.15, 0.2) is 0 Å². The predicted octanol–water partition coefficient (Wildman–Crippen LogP) is 2.45. The maximum Gasteiger partial charge on any atom is 0.0804 e. The number of aromatic nitrogens is 2. The molecule has 0 aliphatic rings. The van der Waals surface area contributed by atoms with Gasteiger partial charge in [-0.2, -0.15) is 5.10 Å². The van der Waals surface area contributed by atoms with Crippen LogP contribution in [0, 0.1) is 6.92 Å². The lowest BCUT2D eigenvalue weighted by Crippen LogP contribution is -1.96. The van der Waals surface area contributed by atoms with Crippen molar-refractivity contribution in [2.45, 2.75) is 26.1 Å². The van der Waals surface area contributed by atoms with E-state index in [9.17, 15) is 0 Å². The lowest BCUT2D eigenvalue weighted by molar-refractivity contribution is 0.709. The van der Waals surface area contributed by atoms with Gasteiger partial charge < -0.3 is 0 Å². The number of hydrogen-bond donors (Lipinski definition) is 0. The van der Waals surface area contributed by atoms with E-state index in [-0.39, 0.29) is 12.4 Å². The molecular weight excluding hydrogens is 195 g/mol. The van der Waals surface area contributed by atoms with E-state index in [1.54, 1.807) is 0 Å². The zero-order valence-corrected chi connectivity index (χ0v) is 9.17. The Morgan fingerprint density at radius 2 is 2.08 bits per heavy atom. The SMILES string of the molecule is CCc1c(C)c(CCl)nn1C.Cl. The molecule has 0 fully saturated rings. The van der Waals surface area contributed by atoms with Gasteiger partial charge in [0.05, 0.1) is 11.6 Å². The van der Waals surface area contributed by atoms with E-state index in [2.05, 4.69) is 18.9 Å². The largest absolute Gasteiger partial charge is 0.272 e. The number of hydrogen-bond acceptors (Lipinski definition) is 1. The highest BCUT2D eigenvalue weighted by Crippen LogP contribution is 2.14. The third-order valence-corrected chi connectivity index (χ3v) is 2.24. The van der Waals surface area contributed by atoms with Crippen LogP contribution >= 0.6 is 24.0 Å². The van der Waals surface area contributed by atoms with Crippen molar-refractivity contribution in [3.8, 4) is 0 Å². The second kappa shape index (κ2) is 4.73. The normalized spacial score (nSPS) is 9.67. The summed E-state index contributed by atoms with van der Waals surface area (Å²) in [5.74, 6) is 0.514. The van der Waals surface area contributed by atoms with Gasteiger partial charge in [-0.05, 0) is 18.9 Å². The minimum absolute atomic E-state index is 0. The summed E-state index contributed by atoms with van der Waals surface area (Å²) >= 11 is 5.70. The molecule has 4 heteroatoms. The van der Waals surface area contributed by atoms with E-state index < -0.39 is 0 Å². The van der Waals surface area contributed by atoms with Crippen LogP contribution in [0.4, 0.5) is 0 Å². The van der Waals surface area contributed by atoms with E-state index in [0.717, 1.165) is 12.1 Å². The van der Waals surface area contributed by atoms with Gasteiger partial charge in [-0.1, -0.05) is 6.92 Å². The van der Waals surface area contributed by atoms with Crippen molar-refractivity contribution in [3.63, 3.8) is 0 Å². The molecular formula is C8H14Cl2N2. The smallest absolute Gasteiger partial charge is 0.0804 e. The lowest BCUT2D eigenvalue weighted by Gasteiger charge is -1.96. The van der Waals surface area contributed by atoms with Gasteiger partial charge in [-0.15, -0.1) is 24.0 Å². The van der Waals surface area contributed by atoms with Crippen LogP contribution in [0.2, 0.25) is 0 Å². The summed E-state index contributed by atoms with van der Waals surface area (Å²) in [6, 6.07) is 0. The van der Waals surface area contributed by atoms with Crippen LogP contribution in [0.5, 0.6) is 0 Å². The summed E-state index contributed by atoms with van der Waals surface area (Å²) < 4.78 is 1.91. The summed E-state index contributed by atoms with van der Waals surface area (Å²) in [6.45, 7) is 4.20. The Balaban J connectivity index is 0.00000121. The Bertz CT molecular complexity index is 256. The summed E-state index contributed by atoms with van der Waals surface area (Å²) in [5.41, 5.74) is 3.52. The molecule has 0 radical (unpaired) electrons. The molecule has 0 saturated heterocycles. The van der Waals surface area contributed by atoms with Gasteiger partial charge in [0.1, 0.15) is 0 Å². The number of rotatable bonds is 2. The quantitative estimate of drug-likeness (QED) is 0.684. The Labute approximate surface area is 84.3 Å². The van der Waals surface area contributed by atoms with Crippen LogP contribution in [-0.4, -0.2) is 9.78 Å². The fourth-order valence-corrected chi connectivity index (χ4v) is 1.60. The van der Waals surface area contributed by atoms with Crippen molar-refractivity contribution in [3.05, 3.63) is 17.0 Å². The molecule has 0 saturated carbocycles. The first-order valence-electron chi connectivity index (χ1n) is 3.78. The molecule has 1 heterocycles. The Morgan fingerprint density at radius 1 is 1.50 bits per heavy atom. The van der Waals surface area contributed by atoms with E-state index in [1.807, 2.05) is 11.7 Å². The molecule has 0 atom stereocenters. The fourth-order valence-electron chi connectivity index (χ4n) is 1.35. The summed E-state index contributed by atoms with van der Waals surface area (Å²) in [5, 5.41) is 4.28. The lowest BCUT2D eigenvalue weighted by atomic mass is 10.2. The van der Waals surface area contributed by atoms with E-state index in [0.29, 0.717) is 5.88 Å². The molecule has 2 nitrogen and oxygen atoms in total. The van der Waals surface area contributed by atoms with Crippen molar-refractivity contribution >= 4 is 24.0 Å². The molecule has 12 heavy (non-hydrogen) atoms. The molecule has 0 aromatic carbocycles. The molecule has 1 aromatic heterocycles. The third-order valence-electron chi connectivity index (χ3n) is 1.99. The first-order valence-corrected chi connectivity index (χ1v) is 4.31. The zero-order valence-electron chi connectivity index (χ0n) is 7.59. The second-order valence-corrected chi connectivity index (χ2v) is 2.90. The Morgan fingerprint density at radius 3 is 2.33 bits per heavy atom. The number of aryl methyl sites for hydroxylation is 1. The van der Waals surface area contributed by atoms with Gasteiger partial charge >= 0.3 is 0 Å². The predicted molar refractivity (Wildman–Crippen MR) is 54.1 cm³/mol. The van der Waals surface area contributed by atoms with Crippen LogP contribution in [0.3, 0.4) is 0 Å². The number of nitrogens with zero attached hydrogens (tertiary/aromatic N) is 2. The zero-order chi connectivity index (χ0) is 8.43. The van der Waals surface area contributed by atoms with Crippen molar-refractivity contribution in [1.29, 1.82) is 0 Å². The molecule has 0 spiro atoms. The first kappa shape index (κ1) is 11.8. The van der Waals surface area contributed by atoms with E-state index in [1.165, 1.54) is 11.3 Å². The molecule has 1 rings (SSSR count). The van der Waals surface area contributed by atoms with Gasteiger partial charge in [0.2, 0.25) is 0 Å². The first-order chi connectivity index (χ1) is 5.20. The van der Waals surface area contributed by atoms with Crippen LogP contribution < -0.4 is 0 Å². The minimum Gasteiger partial charge on any atom is -0.272 e. The van der Waals surface area contributed by atoms with E-state index in [4.69, 9.17) is 11.6 Å². The maximum absolute atomic E-state index is 5.70. The van der Waals surface area contributed by atoms with Crippen molar-refractivity contribution in [2.75, 3.05) is 0 Å². The number of alkyl halides is 1. The summed E-state index contributed by atoms with van der Waals surface area (Å²) in [4.78, 5) is 0. The molecule has 0 aliphatic heterocycles. The summed E-state index contributed by atoms with van der Waals surface area (Å²) in [6.07, 6.45) is 1.02. The standard InChI is InChI=1S/C8H13ClN2.ClH/c1-4-8-6(2)7(5-9)10-11(8)3;/h4-5H2,1-3H3;1H. The maximum atomic E-state index is 5.70. The van der Waals surface area contributed by atoms with Crippen LogP contribution in [0.1, 0.15) is 23.9 Å². The Kier molecular flexibility index (Phi) is 4.64. The van der Waals surface area contributed by atoms with Crippen LogP contribution in [-0.2, 0) is 19.3 Å². The fraction of sp³-hybridized carbons (Fsp3) is 0.625. The van der Waals surface area contributed by atoms with Gasteiger partial charge in [-0.3, -0.25) is 4.68 Å². The van der Waals surface area contributed by atoms with Crippen molar-refractivity contribution < 1.29 is 0 Å². The van der Waals surface area contributed by atoms with Crippen LogP contribution in [0.25, 0.3) is 0 Å². The average molecular weight is 209 g/mol. The highest BCUT2D eigenvalue weighted by molar-refractivity contribution is 6.17. The molecule has 0 amide bonds. The van der Waals surface area contributed by atoms with Crippen molar-refractivity contribution in [1.82, 2.24) is 9.78 Å².